The Balaban J connectivity index is 1.12. The van der Waals surface area contributed by atoms with Gasteiger partial charge in [-0.25, -0.2) is 0 Å². The Bertz CT molecular complexity index is 982. The summed E-state index contributed by atoms with van der Waals surface area (Å²) in [5.74, 6) is 2.16. The van der Waals surface area contributed by atoms with Crippen LogP contribution in [0.4, 0.5) is 0 Å². The van der Waals surface area contributed by atoms with E-state index < -0.39 is 0 Å². The molecule has 0 radical (unpaired) electrons. The molecule has 2 aromatic rings. The van der Waals surface area contributed by atoms with Gasteiger partial charge in [0.2, 0.25) is 11.8 Å². The molecule has 1 aromatic carbocycles. The van der Waals surface area contributed by atoms with Gasteiger partial charge >= 0.3 is 0 Å². The Morgan fingerprint density at radius 3 is 2.32 bits per heavy atom. The number of rotatable bonds is 8. The Morgan fingerprint density at radius 1 is 0.912 bits per heavy atom. The predicted octanol–water partition coefficient (Wildman–Crippen LogP) is 1.30. The second kappa shape index (κ2) is 10.9. The normalized spacial score (nSPS) is 19.4. The molecule has 5 rings (SSSR count). The monoisotopic (exact) mass is 484 g/mol. The molecule has 2 aliphatic heterocycles. The molecule has 0 N–H and O–H groups in total. The molecule has 2 amide bonds. The van der Waals surface area contributed by atoms with Gasteiger partial charge in [0.05, 0.1) is 32.1 Å². The summed E-state index contributed by atoms with van der Waals surface area (Å²) in [6.45, 7) is 6.48. The van der Waals surface area contributed by atoms with E-state index in [1.807, 2.05) is 28.0 Å². The van der Waals surface area contributed by atoms with Gasteiger partial charge in [0, 0.05) is 45.2 Å². The highest BCUT2D eigenvalue weighted by Crippen LogP contribution is 2.40. The fourth-order valence-electron chi connectivity index (χ4n) is 4.44. The zero-order valence-corrected chi connectivity index (χ0v) is 20.3. The molecule has 3 heterocycles. The van der Waals surface area contributed by atoms with Crippen molar-refractivity contribution >= 4 is 23.6 Å². The highest BCUT2D eigenvalue weighted by atomic mass is 32.2. The van der Waals surface area contributed by atoms with Crippen molar-refractivity contribution < 1.29 is 14.3 Å². The van der Waals surface area contributed by atoms with E-state index in [4.69, 9.17) is 4.74 Å². The van der Waals surface area contributed by atoms with Crippen LogP contribution in [0.15, 0.2) is 35.5 Å². The standard InChI is InChI=1S/C24H32N6O3S/c31-21(29-12-14-33-15-13-29)17-27-8-10-28(11-9-27)22(32)18-34-24-26-25-23(20-6-7-20)30(24)16-19-4-2-1-3-5-19/h1-5,20H,6-18H2. The first kappa shape index (κ1) is 23.3. The molecule has 3 fully saturated rings. The number of hydrogen-bond acceptors (Lipinski definition) is 7. The van der Waals surface area contributed by atoms with E-state index in [9.17, 15) is 9.59 Å². The summed E-state index contributed by atoms with van der Waals surface area (Å²) >= 11 is 1.48. The maximum absolute atomic E-state index is 12.9. The van der Waals surface area contributed by atoms with Crippen LogP contribution in [0.5, 0.6) is 0 Å². The average molecular weight is 485 g/mol. The van der Waals surface area contributed by atoms with E-state index in [0.29, 0.717) is 57.6 Å². The summed E-state index contributed by atoms with van der Waals surface area (Å²) in [4.78, 5) is 31.3. The van der Waals surface area contributed by atoms with Crippen LogP contribution in [0, 0.1) is 0 Å². The Labute approximate surface area is 204 Å². The van der Waals surface area contributed by atoms with E-state index >= 15 is 0 Å². The van der Waals surface area contributed by atoms with Crippen molar-refractivity contribution in [1.29, 1.82) is 0 Å². The topological polar surface area (TPSA) is 83.8 Å². The summed E-state index contributed by atoms with van der Waals surface area (Å²) in [6, 6.07) is 10.3. The SMILES string of the molecule is O=C(CSc1nnc(C2CC2)n1Cc1ccccc1)N1CCN(CC(=O)N2CCOCC2)CC1. The minimum absolute atomic E-state index is 0.117. The predicted molar refractivity (Wildman–Crippen MR) is 129 cm³/mol. The molecule has 1 saturated carbocycles. The van der Waals surface area contributed by atoms with Crippen LogP contribution >= 0.6 is 11.8 Å². The van der Waals surface area contributed by atoms with Gasteiger partial charge in [0.25, 0.3) is 0 Å². The Hall–Kier alpha value is -2.43. The van der Waals surface area contributed by atoms with E-state index in [-0.39, 0.29) is 11.8 Å². The molecule has 0 unspecified atom stereocenters. The Kier molecular flexibility index (Phi) is 7.46. The molecule has 2 saturated heterocycles. The molecule has 0 spiro atoms. The maximum Gasteiger partial charge on any atom is 0.236 e. The molecule has 1 aliphatic carbocycles. The average Bonchev–Trinajstić information content (AvgIpc) is 3.65. The van der Waals surface area contributed by atoms with Crippen molar-refractivity contribution in [2.24, 2.45) is 0 Å². The number of carbonyl (C=O) groups is 2. The van der Waals surface area contributed by atoms with Crippen LogP contribution in [0.2, 0.25) is 0 Å². The first-order valence-corrected chi connectivity index (χ1v) is 13.1. The van der Waals surface area contributed by atoms with Crippen LogP contribution in [-0.2, 0) is 20.9 Å². The summed E-state index contributed by atoms with van der Waals surface area (Å²) < 4.78 is 7.51. The van der Waals surface area contributed by atoms with E-state index in [0.717, 1.165) is 43.5 Å². The fraction of sp³-hybridized carbons (Fsp3) is 0.583. The molecule has 0 atom stereocenters. The van der Waals surface area contributed by atoms with Crippen LogP contribution in [0.25, 0.3) is 0 Å². The summed E-state index contributed by atoms with van der Waals surface area (Å²) in [5, 5.41) is 9.70. The third kappa shape index (κ3) is 5.79. The summed E-state index contributed by atoms with van der Waals surface area (Å²) in [5.41, 5.74) is 1.21. The number of morpholine rings is 1. The molecule has 0 bridgehead atoms. The molecule has 34 heavy (non-hydrogen) atoms. The van der Waals surface area contributed by atoms with Crippen LogP contribution in [0.1, 0.15) is 30.1 Å². The third-order valence-corrected chi connectivity index (χ3v) is 7.60. The lowest BCUT2D eigenvalue weighted by molar-refractivity contribution is -0.137. The zero-order valence-electron chi connectivity index (χ0n) is 19.5. The van der Waals surface area contributed by atoms with E-state index in [1.165, 1.54) is 17.3 Å². The van der Waals surface area contributed by atoms with Gasteiger partial charge in [-0.1, -0.05) is 42.1 Å². The number of carbonyl (C=O) groups excluding carboxylic acids is 2. The molecule has 3 aliphatic rings. The maximum atomic E-state index is 12.9. The second-order valence-corrected chi connectivity index (χ2v) is 10.1. The van der Waals surface area contributed by atoms with Crippen molar-refractivity contribution in [3.8, 4) is 0 Å². The largest absolute Gasteiger partial charge is 0.378 e. The highest BCUT2D eigenvalue weighted by Gasteiger charge is 2.31. The van der Waals surface area contributed by atoms with Crippen LogP contribution in [-0.4, -0.2) is 106 Å². The molecular weight excluding hydrogens is 452 g/mol. The number of ether oxygens (including phenoxy) is 1. The summed E-state index contributed by atoms with van der Waals surface area (Å²) in [7, 11) is 0. The molecule has 182 valence electrons. The van der Waals surface area contributed by atoms with Crippen molar-refractivity contribution in [3.63, 3.8) is 0 Å². The lowest BCUT2D eigenvalue weighted by Gasteiger charge is -2.36. The van der Waals surface area contributed by atoms with Crippen LogP contribution in [0.3, 0.4) is 0 Å². The quantitative estimate of drug-likeness (QED) is 0.522. The Morgan fingerprint density at radius 2 is 1.62 bits per heavy atom. The van der Waals surface area contributed by atoms with E-state index in [1.54, 1.807) is 0 Å². The number of amides is 2. The van der Waals surface area contributed by atoms with Gasteiger partial charge in [-0.2, -0.15) is 0 Å². The van der Waals surface area contributed by atoms with Crippen molar-refractivity contribution in [2.45, 2.75) is 30.5 Å². The van der Waals surface area contributed by atoms with Gasteiger partial charge in [0.15, 0.2) is 5.16 Å². The molecule has 10 heteroatoms. The third-order valence-electron chi connectivity index (χ3n) is 6.64. The molecular formula is C24H32N6O3S. The fourth-order valence-corrected chi connectivity index (χ4v) is 5.29. The minimum Gasteiger partial charge on any atom is -0.378 e. The second-order valence-electron chi connectivity index (χ2n) is 9.13. The number of thioether (sulfide) groups is 1. The first-order valence-electron chi connectivity index (χ1n) is 12.1. The first-order chi connectivity index (χ1) is 16.7. The number of hydrogen-bond donors (Lipinski definition) is 0. The smallest absolute Gasteiger partial charge is 0.236 e. The van der Waals surface area contributed by atoms with Gasteiger partial charge in [-0.15, -0.1) is 10.2 Å². The van der Waals surface area contributed by atoms with E-state index in [2.05, 4.69) is 31.8 Å². The summed E-state index contributed by atoms with van der Waals surface area (Å²) in [6.07, 6.45) is 2.32. The number of piperazine rings is 1. The number of benzene rings is 1. The van der Waals surface area contributed by atoms with Gasteiger partial charge < -0.3 is 19.1 Å². The van der Waals surface area contributed by atoms with Crippen molar-refractivity contribution in [1.82, 2.24) is 29.5 Å². The lowest BCUT2D eigenvalue weighted by atomic mass is 10.2. The molecule has 1 aromatic heterocycles. The minimum atomic E-state index is 0.117. The van der Waals surface area contributed by atoms with Gasteiger partial charge in [-0.05, 0) is 18.4 Å². The van der Waals surface area contributed by atoms with Crippen molar-refractivity contribution in [2.75, 3.05) is 64.8 Å². The number of aromatic nitrogens is 3. The molecule has 9 nitrogen and oxygen atoms in total. The number of nitrogens with zero attached hydrogens (tertiary/aromatic N) is 6. The van der Waals surface area contributed by atoms with Crippen LogP contribution < -0.4 is 0 Å². The lowest BCUT2D eigenvalue weighted by Crippen LogP contribution is -2.53. The van der Waals surface area contributed by atoms with Crippen molar-refractivity contribution in [3.05, 3.63) is 41.7 Å². The highest BCUT2D eigenvalue weighted by molar-refractivity contribution is 7.99. The zero-order chi connectivity index (χ0) is 23.3. The van der Waals surface area contributed by atoms with Gasteiger partial charge in [-0.3, -0.25) is 14.5 Å². The van der Waals surface area contributed by atoms with Gasteiger partial charge in [0.1, 0.15) is 5.82 Å².